The zero-order valence-corrected chi connectivity index (χ0v) is 11.0. The topological polar surface area (TPSA) is 58.4 Å². The summed E-state index contributed by atoms with van der Waals surface area (Å²) in [6, 6.07) is 1.53. The van der Waals surface area contributed by atoms with E-state index in [4.69, 9.17) is 5.73 Å². The minimum absolute atomic E-state index is 0.0102. The highest BCUT2D eigenvalue weighted by Gasteiger charge is 2.33. The maximum absolute atomic E-state index is 11.5. The fraction of sp³-hybridized carbons (Fsp3) is 0.923. The minimum Gasteiger partial charge on any atom is -0.352 e. The predicted octanol–water partition coefficient (Wildman–Crippen LogP) is 0.855. The molecule has 0 aromatic carbocycles. The van der Waals surface area contributed by atoms with Crippen LogP contribution in [0.5, 0.6) is 0 Å². The fourth-order valence-corrected chi connectivity index (χ4v) is 2.74. The van der Waals surface area contributed by atoms with Gasteiger partial charge in [-0.3, -0.25) is 4.79 Å². The van der Waals surface area contributed by atoms with Gasteiger partial charge in [0.25, 0.3) is 0 Å². The van der Waals surface area contributed by atoms with Gasteiger partial charge >= 0.3 is 0 Å². The first-order chi connectivity index (χ1) is 8.08. The van der Waals surface area contributed by atoms with Gasteiger partial charge in [0.2, 0.25) is 5.91 Å². The van der Waals surface area contributed by atoms with Crippen LogP contribution in [0.1, 0.15) is 45.4 Å². The van der Waals surface area contributed by atoms with Crippen molar-refractivity contribution in [3.63, 3.8) is 0 Å². The fourth-order valence-electron chi connectivity index (χ4n) is 2.74. The SMILES string of the molecule is C[C@H](N)C(=O)NC1CCC(N(C)C2CC2)CC1. The van der Waals surface area contributed by atoms with Crippen LogP contribution in [0.25, 0.3) is 0 Å². The van der Waals surface area contributed by atoms with Gasteiger partial charge < -0.3 is 16.0 Å². The lowest BCUT2D eigenvalue weighted by atomic mass is 9.90. The smallest absolute Gasteiger partial charge is 0.236 e. The molecule has 2 rings (SSSR count). The minimum atomic E-state index is -0.387. The molecule has 0 spiro atoms. The van der Waals surface area contributed by atoms with E-state index in [0.717, 1.165) is 24.9 Å². The Morgan fingerprint density at radius 3 is 2.06 bits per heavy atom. The first-order valence-electron chi connectivity index (χ1n) is 6.86. The number of rotatable bonds is 4. The van der Waals surface area contributed by atoms with Gasteiger partial charge in [0, 0.05) is 18.1 Å². The molecule has 2 aliphatic rings. The number of hydrogen-bond acceptors (Lipinski definition) is 3. The van der Waals surface area contributed by atoms with Crippen LogP contribution in [0.2, 0.25) is 0 Å². The molecule has 2 aliphatic carbocycles. The molecular weight excluding hydrogens is 214 g/mol. The summed E-state index contributed by atoms with van der Waals surface area (Å²) in [6.07, 6.45) is 7.35. The number of nitrogens with two attached hydrogens (primary N) is 1. The quantitative estimate of drug-likeness (QED) is 0.765. The summed E-state index contributed by atoms with van der Waals surface area (Å²) in [7, 11) is 2.25. The molecule has 4 nitrogen and oxygen atoms in total. The molecule has 3 N–H and O–H groups in total. The number of amides is 1. The molecule has 2 fully saturated rings. The third-order valence-corrected chi connectivity index (χ3v) is 4.16. The summed E-state index contributed by atoms with van der Waals surface area (Å²) >= 11 is 0. The van der Waals surface area contributed by atoms with Crippen LogP contribution in [0.15, 0.2) is 0 Å². The lowest BCUT2D eigenvalue weighted by molar-refractivity contribution is -0.123. The van der Waals surface area contributed by atoms with E-state index in [2.05, 4.69) is 17.3 Å². The summed E-state index contributed by atoms with van der Waals surface area (Å²) in [5.41, 5.74) is 5.56. The summed E-state index contributed by atoms with van der Waals surface area (Å²) in [6.45, 7) is 1.74. The first-order valence-corrected chi connectivity index (χ1v) is 6.86. The number of nitrogens with one attached hydrogen (secondary N) is 1. The predicted molar refractivity (Wildman–Crippen MR) is 68.6 cm³/mol. The molecular formula is C13H25N3O. The molecule has 0 aromatic rings. The van der Waals surface area contributed by atoms with Crippen LogP contribution >= 0.6 is 0 Å². The van der Waals surface area contributed by atoms with E-state index in [-0.39, 0.29) is 11.9 Å². The van der Waals surface area contributed by atoms with Crippen molar-refractivity contribution in [2.75, 3.05) is 7.05 Å². The van der Waals surface area contributed by atoms with Gasteiger partial charge in [0.1, 0.15) is 0 Å². The van der Waals surface area contributed by atoms with Gasteiger partial charge in [-0.1, -0.05) is 0 Å². The van der Waals surface area contributed by atoms with Gasteiger partial charge in [-0.25, -0.2) is 0 Å². The Bertz CT molecular complexity index is 268. The molecule has 1 atom stereocenters. The van der Waals surface area contributed by atoms with E-state index < -0.39 is 0 Å². The van der Waals surface area contributed by atoms with Gasteiger partial charge in [-0.2, -0.15) is 0 Å². The van der Waals surface area contributed by atoms with E-state index in [1.54, 1.807) is 6.92 Å². The number of nitrogens with zero attached hydrogens (tertiary/aromatic N) is 1. The number of carbonyl (C=O) groups excluding carboxylic acids is 1. The van der Waals surface area contributed by atoms with Crippen LogP contribution in [0, 0.1) is 0 Å². The second-order valence-electron chi connectivity index (χ2n) is 5.70. The standard InChI is InChI=1S/C13H25N3O/c1-9(14)13(17)15-10-3-5-11(6-4-10)16(2)12-7-8-12/h9-12H,3-8,14H2,1-2H3,(H,15,17)/t9-,10?,11?/m0/s1. The van der Waals surface area contributed by atoms with Crippen molar-refractivity contribution in [2.24, 2.45) is 5.73 Å². The lowest BCUT2D eigenvalue weighted by Crippen LogP contribution is -2.47. The second kappa shape index (κ2) is 5.36. The highest BCUT2D eigenvalue weighted by atomic mass is 16.2. The molecule has 2 saturated carbocycles. The van der Waals surface area contributed by atoms with Crippen LogP contribution in [0.3, 0.4) is 0 Å². The van der Waals surface area contributed by atoms with E-state index in [9.17, 15) is 4.79 Å². The van der Waals surface area contributed by atoms with Crippen molar-refractivity contribution in [2.45, 2.75) is 69.6 Å². The number of carbonyl (C=O) groups is 1. The van der Waals surface area contributed by atoms with Crippen molar-refractivity contribution in [3.05, 3.63) is 0 Å². The summed E-state index contributed by atoms with van der Waals surface area (Å²) in [5.74, 6) is -0.0102. The van der Waals surface area contributed by atoms with Gasteiger partial charge in [0.15, 0.2) is 0 Å². The van der Waals surface area contributed by atoms with Crippen molar-refractivity contribution in [1.29, 1.82) is 0 Å². The average molecular weight is 239 g/mol. The van der Waals surface area contributed by atoms with Crippen LogP contribution in [-0.2, 0) is 4.79 Å². The van der Waals surface area contributed by atoms with E-state index in [1.807, 2.05) is 0 Å². The normalized spacial score (nSPS) is 31.3. The first kappa shape index (κ1) is 12.8. The van der Waals surface area contributed by atoms with E-state index in [1.165, 1.54) is 25.7 Å². The molecule has 17 heavy (non-hydrogen) atoms. The molecule has 0 radical (unpaired) electrons. The van der Waals surface area contributed by atoms with E-state index in [0.29, 0.717) is 6.04 Å². The van der Waals surface area contributed by atoms with Gasteiger partial charge in [-0.15, -0.1) is 0 Å². The van der Waals surface area contributed by atoms with Crippen molar-refractivity contribution in [1.82, 2.24) is 10.2 Å². The summed E-state index contributed by atoms with van der Waals surface area (Å²) in [5, 5.41) is 3.04. The maximum atomic E-state index is 11.5. The third-order valence-electron chi connectivity index (χ3n) is 4.16. The van der Waals surface area contributed by atoms with Crippen LogP contribution in [-0.4, -0.2) is 42.0 Å². The zero-order valence-electron chi connectivity index (χ0n) is 11.0. The zero-order chi connectivity index (χ0) is 12.4. The van der Waals surface area contributed by atoms with Crippen molar-refractivity contribution >= 4 is 5.91 Å². The average Bonchev–Trinajstić information content (AvgIpc) is 3.13. The molecule has 0 aliphatic heterocycles. The largest absolute Gasteiger partial charge is 0.352 e. The number of hydrogen-bond donors (Lipinski definition) is 2. The Morgan fingerprint density at radius 1 is 1.18 bits per heavy atom. The van der Waals surface area contributed by atoms with E-state index >= 15 is 0 Å². The van der Waals surface area contributed by atoms with Gasteiger partial charge in [0.05, 0.1) is 6.04 Å². The Morgan fingerprint density at radius 2 is 1.65 bits per heavy atom. The summed E-state index contributed by atoms with van der Waals surface area (Å²) in [4.78, 5) is 14.0. The maximum Gasteiger partial charge on any atom is 0.236 e. The van der Waals surface area contributed by atoms with Gasteiger partial charge in [-0.05, 0) is 52.5 Å². The Labute approximate surface area is 104 Å². The molecule has 0 aromatic heterocycles. The van der Waals surface area contributed by atoms with Crippen LogP contribution < -0.4 is 11.1 Å². The Hall–Kier alpha value is -0.610. The molecule has 4 heteroatoms. The third kappa shape index (κ3) is 3.42. The molecule has 98 valence electrons. The monoisotopic (exact) mass is 239 g/mol. The molecule has 0 bridgehead atoms. The highest BCUT2D eigenvalue weighted by molar-refractivity contribution is 5.81. The molecule has 1 amide bonds. The molecule has 0 heterocycles. The highest BCUT2D eigenvalue weighted by Crippen LogP contribution is 2.32. The lowest BCUT2D eigenvalue weighted by Gasteiger charge is -2.35. The van der Waals surface area contributed by atoms with Crippen molar-refractivity contribution < 1.29 is 4.79 Å². The molecule has 0 unspecified atom stereocenters. The second-order valence-corrected chi connectivity index (χ2v) is 5.70. The summed E-state index contributed by atoms with van der Waals surface area (Å²) < 4.78 is 0. The molecule has 0 saturated heterocycles. The Balaban J connectivity index is 1.72. The van der Waals surface area contributed by atoms with Crippen LogP contribution in [0.4, 0.5) is 0 Å². The Kier molecular flexibility index (Phi) is 4.05. The van der Waals surface area contributed by atoms with Crippen molar-refractivity contribution in [3.8, 4) is 0 Å².